The van der Waals surface area contributed by atoms with E-state index in [1.54, 1.807) is 7.11 Å². The van der Waals surface area contributed by atoms with Crippen molar-refractivity contribution >= 4 is 0 Å². The Bertz CT molecular complexity index is 402. The second-order valence-corrected chi connectivity index (χ2v) is 5.33. The molecule has 1 aromatic carbocycles. The number of aryl methyl sites for hydroxylation is 1. The van der Waals surface area contributed by atoms with Crippen molar-refractivity contribution in [3.05, 3.63) is 29.3 Å². The summed E-state index contributed by atoms with van der Waals surface area (Å²) in [4.78, 5) is 0. The highest BCUT2D eigenvalue weighted by molar-refractivity contribution is 5.44. The fraction of sp³-hybridized carbons (Fsp3) is 0.600. The zero-order valence-electron chi connectivity index (χ0n) is 11.3. The Morgan fingerprint density at radius 3 is 2.71 bits per heavy atom. The van der Waals surface area contributed by atoms with Gasteiger partial charge in [0.2, 0.25) is 0 Å². The molecule has 0 radical (unpaired) electrons. The first-order chi connectivity index (χ1) is 8.14. The summed E-state index contributed by atoms with van der Waals surface area (Å²) in [7, 11) is 3.81. The lowest BCUT2D eigenvalue weighted by Crippen LogP contribution is -2.49. The van der Waals surface area contributed by atoms with Crippen LogP contribution < -0.4 is 10.1 Å². The van der Waals surface area contributed by atoms with E-state index in [0.29, 0.717) is 0 Å². The first-order valence-corrected chi connectivity index (χ1v) is 6.44. The lowest BCUT2D eigenvalue weighted by atomic mass is 9.57. The van der Waals surface area contributed by atoms with Crippen LogP contribution in [0.1, 0.15) is 30.9 Å². The van der Waals surface area contributed by atoms with E-state index in [2.05, 4.69) is 37.4 Å². The molecule has 2 unspecified atom stereocenters. The van der Waals surface area contributed by atoms with Gasteiger partial charge in [-0.2, -0.15) is 0 Å². The molecule has 0 saturated heterocycles. The number of methoxy groups -OCH3 is 1. The van der Waals surface area contributed by atoms with E-state index in [1.165, 1.54) is 24.0 Å². The summed E-state index contributed by atoms with van der Waals surface area (Å²) in [6.45, 7) is 5.54. The first-order valence-electron chi connectivity index (χ1n) is 6.44. The molecular weight excluding hydrogens is 210 g/mol. The van der Waals surface area contributed by atoms with E-state index in [1.807, 2.05) is 7.05 Å². The van der Waals surface area contributed by atoms with Crippen LogP contribution in [0.25, 0.3) is 0 Å². The minimum Gasteiger partial charge on any atom is -0.496 e. The third kappa shape index (κ3) is 1.95. The summed E-state index contributed by atoms with van der Waals surface area (Å²) in [5.74, 6) is 1.77. The summed E-state index contributed by atoms with van der Waals surface area (Å²) in [5, 5.41) is 3.35. The average molecular weight is 233 g/mol. The molecule has 1 saturated carbocycles. The molecule has 0 bridgehead atoms. The number of rotatable bonds is 4. The van der Waals surface area contributed by atoms with Gasteiger partial charge in [0.25, 0.3) is 0 Å². The predicted molar refractivity (Wildman–Crippen MR) is 71.7 cm³/mol. The molecule has 1 fully saturated rings. The van der Waals surface area contributed by atoms with Crippen molar-refractivity contribution in [2.24, 2.45) is 5.92 Å². The van der Waals surface area contributed by atoms with Gasteiger partial charge in [-0.15, -0.1) is 0 Å². The van der Waals surface area contributed by atoms with Crippen LogP contribution in [-0.4, -0.2) is 20.7 Å². The van der Waals surface area contributed by atoms with Crippen LogP contribution in [0.4, 0.5) is 0 Å². The third-order valence-electron chi connectivity index (χ3n) is 4.35. The molecule has 0 spiro atoms. The molecule has 0 aliphatic heterocycles. The normalized spacial score (nSPS) is 27.6. The second-order valence-electron chi connectivity index (χ2n) is 5.33. The molecule has 17 heavy (non-hydrogen) atoms. The molecular formula is C15H23NO. The van der Waals surface area contributed by atoms with Gasteiger partial charge in [0.05, 0.1) is 7.11 Å². The van der Waals surface area contributed by atoms with Crippen molar-refractivity contribution in [2.75, 3.05) is 20.7 Å². The molecule has 2 atom stereocenters. The smallest absolute Gasteiger partial charge is 0.122 e. The zero-order chi connectivity index (χ0) is 12.5. The molecule has 1 aliphatic carbocycles. The molecule has 0 heterocycles. The molecule has 1 aliphatic rings. The van der Waals surface area contributed by atoms with E-state index < -0.39 is 0 Å². The largest absolute Gasteiger partial charge is 0.496 e. The topological polar surface area (TPSA) is 21.3 Å². The minimum atomic E-state index is 0.270. The zero-order valence-corrected chi connectivity index (χ0v) is 11.3. The van der Waals surface area contributed by atoms with Crippen LogP contribution in [-0.2, 0) is 5.41 Å². The van der Waals surface area contributed by atoms with Crippen LogP contribution in [0.15, 0.2) is 18.2 Å². The summed E-state index contributed by atoms with van der Waals surface area (Å²) < 4.78 is 5.55. The maximum absolute atomic E-state index is 5.55. The van der Waals surface area contributed by atoms with Crippen molar-refractivity contribution in [2.45, 2.75) is 32.1 Å². The van der Waals surface area contributed by atoms with Gasteiger partial charge in [-0.05, 0) is 38.8 Å². The highest BCUT2D eigenvalue weighted by atomic mass is 16.5. The molecule has 1 aromatic rings. The van der Waals surface area contributed by atoms with Gasteiger partial charge < -0.3 is 10.1 Å². The van der Waals surface area contributed by atoms with E-state index in [9.17, 15) is 0 Å². The fourth-order valence-corrected chi connectivity index (χ4v) is 3.07. The molecule has 1 N–H and O–H groups in total. The monoisotopic (exact) mass is 233 g/mol. The van der Waals surface area contributed by atoms with Gasteiger partial charge in [-0.1, -0.05) is 24.6 Å². The van der Waals surface area contributed by atoms with Crippen LogP contribution >= 0.6 is 0 Å². The Labute approximate surface area is 104 Å². The minimum absolute atomic E-state index is 0.270. The summed E-state index contributed by atoms with van der Waals surface area (Å²) in [6.07, 6.45) is 2.58. The molecule has 2 nitrogen and oxygen atoms in total. The second kappa shape index (κ2) is 4.69. The SMILES string of the molecule is CNCC1(c2cc(C)ccc2OC)CCC1C. The van der Waals surface area contributed by atoms with E-state index in [4.69, 9.17) is 4.74 Å². The maximum atomic E-state index is 5.55. The number of likely N-dealkylation sites (N-methyl/N-ethyl adjacent to an activating group) is 1. The number of hydrogen-bond donors (Lipinski definition) is 1. The fourth-order valence-electron chi connectivity index (χ4n) is 3.07. The average Bonchev–Trinajstić information content (AvgIpc) is 2.34. The molecule has 2 heteroatoms. The Morgan fingerprint density at radius 2 is 2.24 bits per heavy atom. The van der Waals surface area contributed by atoms with E-state index in [-0.39, 0.29) is 5.41 Å². The van der Waals surface area contributed by atoms with Gasteiger partial charge in [0.15, 0.2) is 0 Å². The van der Waals surface area contributed by atoms with Crippen molar-refractivity contribution in [3.8, 4) is 5.75 Å². The lowest BCUT2D eigenvalue weighted by molar-refractivity contribution is 0.133. The van der Waals surface area contributed by atoms with Gasteiger partial charge in [-0.3, -0.25) is 0 Å². The number of nitrogens with one attached hydrogen (secondary N) is 1. The summed E-state index contributed by atoms with van der Waals surface area (Å²) in [5.41, 5.74) is 2.97. The van der Waals surface area contributed by atoms with Crippen LogP contribution in [0.3, 0.4) is 0 Å². The molecule has 0 amide bonds. The van der Waals surface area contributed by atoms with Gasteiger partial charge in [0, 0.05) is 17.5 Å². The van der Waals surface area contributed by atoms with E-state index >= 15 is 0 Å². The van der Waals surface area contributed by atoms with Crippen LogP contribution in [0, 0.1) is 12.8 Å². The number of hydrogen-bond acceptors (Lipinski definition) is 2. The molecule has 94 valence electrons. The summed E-state index contributed by atoms with van der Waals surface area (Å²) >= 11 is 0. The lowest BCUT2D eigenvalue weighted by Gasteiger charge is -2.49. The quantitative estimate of drug-likeness (QED) is 0.863. The number of ether oxygens (including phenoxy) is 1. The standard InChI is InChI=1S/C15H23NO/c1-11-5-6-14(17-4)13(9-11)15(10-16-3)8-7-12(15)2/h5-6,9,12,16H,7-8,10H2,1-4H3. The first kappa shape index (κ1) is 12.4. The predicted octanol–water partition coefficient (Wildman–Crippen LogP) is 2.89. The Kier molecular flexibility index (Phi) is 3.43. The Hall–Kier alpha value is -1.02. The number of benzene rings is 1. The van der Waals surface area contributed by atoms with Crippen LogP contribution in [0.5, 0.6) is 5.75 Å². The Morgan fingerprint density at radius 1 is 1.47 bits per heavy atom. The third-order valence-corrected chi connectivity index (χ3v) is 4.35. The van der Waals surface area contributed by atoms with Crippen molar-refractivity contribution in [1.82, 2.24) is 5.32 Å². The molecule has 2 rings (SSSR count). The highest BCUT2D eigenvalue weighted by Crippen LogP contribution is 2.51. The van der Waals surface area contributed by atoms with E-state index in [0.717, 1.165) is 18.2 Å². The molecule has 0 aromatic heterocycles. The van der Waals surface area contributed by atoms with Crippen molar-refractivity contribution in [1.29, 1.82) is 0 Å². The van der Waals surface area contributed by atoms with Crippen molar-refractivity contribution in [3.63, 3.8) is 0 Å². The highest BCUT2D eigenvalue weighted by Gasteiger charge is 2.46. The summed E-state index contributed by atoms with van der Waals surface area (Å²) in [6, 6.07) is 6.53. The maximum Gasteiger partial charge on any atom is 0.122 e. The van der Waals surface area contributed by atoms with Gasteiger partial charge >= 0.3 is 0 Å². The Balaban J connectivity index is 2.45. The van der Waals surface area contributed by atoms with Crippen LogP contribution in [0.2, 0.25) is 0 Å². The van der Waals surface area contributed by atoms with Gasteiger partial charge in [0.1, 0.15) is 5.75 Å². The van der Waals surface area contributed by atoms with Gasteiger partial charge in [-0.25, -0.2) is 0 Å². The van der Waals surface area contributed by atoms with Crippen molar-refractivity contribution < 1.29 is 4.74 Å².